The Morgan fingerprint density at radius 2 is 2.09 bits per heavy atom. The molecule has 1 heterocycles. The van der Waals surface area contributed by atoms with Crippen LogP contribution in [0.2, 0.25) is 0 Å². The fourth-order valence-corrected chi connectivity index (χ4v) is 1.51. The van der Waals surface area contributed by atoms with Crippen molar-refractivity contribution in [2.45, 2.75) is 26.1 Å². The van der Waals surface area contributed by atoms with Crippen molar-refractivity contribution in [2.24, 2.45) is 4.99 Å². The van der Waals surface area contributed by atoms with E-state index in [0.29, 0.717) is 12.5 Å². The Morgan fingerprint density at radius 3 is 2.64 bits per heavy atom. The van der Waals surface area contributed by atoms with Gasteiger partial charge in [0.05, 0.1) is 6.54 Å². The summed E-state index contributed by atoms with van der Waals surface area (Å²) in [5.74, 6) is 0.143. The average molecular weight is 432 g/mol. The molecule has 0 unspecified atom stereocenters. The summed E-state index contributed by atoms with van der Waals surface area (Å²) in [7, 11) is 1.61. The minimum atomic E-state index is -4.48. The van der Waals surface area contributed by atoms with Crippen molar-refractivity contribution in [2.75, 3.05) is 20.2 Å². The number of nitrogens with one attached hydrogen (secondary N) is 2. The summed E-state index contributed by atoms with van der Waals surface area (Å²) >= 11 is 0. The van der Waals surface area contributed by atoms with Crippen LogP contribution < -0.4 is 15.4 Å². The summed E-state index contributed by atoms with van der Waals surface area (Å²) < 4.78 is 43.2. The van der Waals surface area contributed by atoms with Gasteiger partial charge in [-0.2, -0.15) is 13.2 Å². The molecule has 5 nitrogen and oxygen atoms in total. The van der Waals surface area contributed by atoms with Gasteiger partial charge in [-0.05, 0) is 26.0 Å². The molecule has 0 saturated heterocycles. The van der Waals surface area contributed by atoms with E-state index in [4.69, 9.17) is 4.74 Å². The van der Waals surface area contributed by atoms with Crippen molar-refractivity contribution >= 4 is 29.9 Å². The Hall–Kier alpha value is -1.26. The molecule has 0 aliphatic carbocycles. The first-order chi connectivity index (χ1) is 9.84. The predicted molar refractivity (Wildman–Crippen MR) is 89.8 cm³/mol. The van der Waals surface area contributed by atoms with Crippen molar-refractivity contribution in [3.05, 3.63) is 23.9 Å². The van der Waals surface area contributed by atoms with Crippen LogP contribution in [0, 0.1) is 0 Å². The summed E-state index contributed by atoms with van der Waals surface area (Å²) in [4.78, 5) is 7.59. The fourth-order valence-electron chi connectivity index (χ4n) is 1.51. The first kappa shape index (κ1) is 20.7. The summed E-state index contributed by atoms with van der Waals surface area (Å²) in [6, 6.07) is 2.36. The Morgan fingerprint density at radius 1 is 1.41 bits per heavy atom. The molecule has 1 aromatic rings. The number of guanidine groups is 1. The topological polar surface area (TPSA) is 58.5 Å². The molecular formula is C13H20F3IN4O. The van der Waals surface area contributed by atoms with E-state index >= 15 is 0 Å². The molecule has 0 amide bonds. The van der Waals surface area contributed by atoms with Crippen LogP contribution in [0.1, 0.15) is 19.4 Å². The van der Waals surface area contributed by atoms with Crippen LogP contribution in [0.4, 0.5) is 13.2 Å². The number of rotatable bonds is 5. The van der Waals surface area contributed by atoms with Crippen molar-refractivity contribution in [3.63, 3.8) is 0 Å². The van der Waals surface area contributed by atoms with Gasteiger partial charge in [-0.25, -0.2) is 4.98 Å². The Kier molecular flexibility index (Phi) is 9.14. The Labute approximate surface area is 144 Å². The van der Waals surface area contributed by atoms with Gasteiger partial charge in [-0.1, -0.05) is 0 Å². The lowest BCUT2D eigenvalue weighted by atomic mass is 10.2. The SMILES string of the molecule is CN=C(NCCOc1ncccc1C(F)(F)F)NC(C)C.I. The van der Waals surface area contributed by atoms with Crippen LogP contribution >= 0.6 is 24.0 Å². The Balaban J connectivity index is 0.00000441. The number of aliphatic imine (C=N–C) groups is 1. The van der Waals surface area contributed by atoms with E-state index < -0.39 is 17.6 Å². The molecule has 1 aromatic heterocycles. The molecule has 0 fully saturated rings. The highest BCUT2D eigenvalue weighted by atomic mass is 127. The maximum Gasteiger partial charge on any atom is 0.421 e. The smallest absolute Gasteiger partial charge is 0.421 e. The molecule has 0 saturated carbocycles. The van der Waals surface area contributed by atoms with Gasteiger partial charge < -0.3 is 15.4 Å². The summed E-state index contributed by atoms with van der Waals surface area (Å²) in [5.41, 5.74) is -0.880. The lowest BCUT2D eigenvalue weighted by Gasteiger charge is -2.15. The minimum absolute atomic E-state index is 0. The van der Waals surface area contributed by atoms with Crippen molar-refractivity contribution in [1.82, 2.24) is 15.6 Å². The van der Waals surface area contributed by atoms with E-state index in [9.17, 15) is 13.2 Å². The van der Waals surface area contributed by atoms with Gasteiger partial charge in [0.1, 0.15) is 12.2 Å². The fraction of sp³-hybridized carbons (Fsp3) is 0.538. The molecule has 0 radical (unpaired) electrons. The zero-order chi connectivity index (χ0) is 15.9. The summed E-state index contributed by atoms with van der Waals surface area (Å²) in [5, 5.41) is 5.99. The van der Waals surface area contributed by atoms with Gasteiger partial charge in [0.25, 0.3) is 0 Å². The second-order valence-corrected chi connectivity index (χ2v) is 4.50. The number of aromatic nitrogens is 1. The molecule has 1 rings (SSSR count). The molecular weight excluding hydrogens is 412 g/mol. The number of pyridine rings is 1. The zero-order valence-corrected chi connectivity index (χ0v) is 14.9. The molecule has 0 spiro atoms. The van der Waals surface area contributed by atoms with Gasteiger partial charge in [0, 0.05) is 19.3 Å². The second kappa shape index (κ2) is 9.70. The van der Waals surface area contributed by atoms with Gasteiger partial charge in [-0.3, -0.25) is 4.99 Å². The highest BCUT2D eigenvalue weighted by Gasteiger charge is 2.34. The maximum absolute atomic E-state index is 12.7. The van der Waals surface area contributed by atoms with E-state index in [2.05, 4.69) is 20.6 Å². The molecule has 126 valence electrons. The normalized spacial score (nSPS) is 11.9. The lowest BCUT2D eigenvalue weighted by Crippen LogP contribution is -2.42. The maximum atomic E-state index is 12.7. The number of halogens is 4. The highest BCUT2D eigenvalue weighted by Crippen LogP contribution is 2.34. The zero-order valence-electron chi connectivity index (χ0n) is 12.6. The van der Waals surface area contributed by atoms with Crippen LogP contribution in [0.3, 0.4) is 0 Å². The molecule has 9 heteroatoms. The molecule has 0 aromatic carbocycles. The lowest BCUT2D eigenvalue weighted by molar-refractivity contribution is -0.139. The molecule has 0 atom stereocenters. The Bertz CT molecular complexity index is 481. The van der Waals surface area contributed by atoms with Crippen molar-refractivity contribution in [1.29, 1.82) is 0 Å². The van der Waals surface area contributed by atoms with Gasteiger partial charge in [-0.15, -0.1) is 24.0 Å². The third kappa shape index (κ3) is 7.14. The van der Waals surface area contributed by atoms with Gasteiger partial charge in [0.15, 0.2) is 5.96 Å². The molecule has 0 bridgehead atoms. The van der Waals surface area contributed by atoms with Crippen LogP contribution in [0.15, 0.2) is 23.3 Å². The number of alkyl halides is 3. The van der Waals surface area contributed by atoms with Crippen LogP contribution in [0.5, 0.6) is 5.88 Å². The first-order valence-electron chi connectivity index (χ1n) is 6.46. The number of ether oxygens (including phenoxy) is 1. The van der Waals surface area contributed by atoms with Crippen molar-refractivity contribution in [3.8, 4) is 5.88 Å². The second-order valence-electron chi connectivity index (χ2n) is 4.50. The first-order valence-corrected chi connectivity index (χ1v) is 6.46. The number of hydrogen-bond donors (Lipinski definition) is 2. The molecule has 0 aliphatic rings. The van der Waals surface area contributed by atoms with Gasteiger partial charge >= 0.3 is 6.18 Å². The minimum Gasteiger partial charge on any atom is -0.475 e. The molecule has 2 N–H and O–H groups in total. The predicted octanol–water partition coefficient (Wildman–Crippen LogP) is 2.67. The third-order valence-electron chi connectivity index (χ3n) is 2.36. The van der Waals surface area contributed by atoms with E-state index in [1.54, 1.807) is 7.05 Å². The largest absolute Gasteiger partial charge is 0.475 e. The molecule has 0 aliphatic heterocycles. The van der Waals surface area contributed by atoms with Crippen LogP contribution in [-0.2, 0) is 6.18 Å². The highest BCUT2D eigenvalue weighted by molar-refractivity contribution is 14.0. The summed E-state index contributed by atoms with van der Waals surface area (Å²) in [6.07, 6.45) is -3.22. The molecule has 22 heavy (non-hydrogen) atoms. The standard InChI is InChI=1S/C13H19F3N4O.HI/c1-9(2)20-12(17-3)19-7-8-21-11-10(13(14,15)16)5-4-6-18-11;/h4-6,9H,7-8H2,1-3H3,(H2,17,19,20);1H. The van der Waals surface area contributed by atoms with E-state index in [1.165, 1.54) is 12.3 Å². The quantitative estimate of drug-likeness (QED) is 0.325. The van der Waals surface area contributed by atoms with E-state index in [1.807, 2.05) is 13.8 Å². The monoisotopic (exact) mass is 432 g/mol. The van der Waals surface area contributed by atoms with Crippen LogP contribution in [0.25, 0.3) is 0 Å². The van der Waals surface area contributed by atoms with Crippen molar-refractivity contribution < 1.29 is 17.9 Å². The van der Waals surface area contributed by atoms with Crippen LogP contribution in [-0.4, -0.2) is 37.2 Å². The van der Waals surface area contributed by atoms with Gasteiger partial charge in [0.2, 0.25) is 5.88 Å². The van der Waals surface area contributed by atoms with E-state index in [0.717, 1.165) is 6.07 Å². The third-order valence-corrected chi connectivity index (χ3v) is 2.36. The number of nitrogens with zero attached hydrogens (tertiary/aromatic N) is 2. The average Bonchev–Trinajstić information content (AvgIpc) is 2.41. The summed E-state index contributed by atoms with van der Waals surface area (Å²) in [6.45, 7) is 4.25. The number of hydrogen-bond acceptors (Lipinski definition) is 3. The van der Waals surface area contributed by atoms with E-state index in [-0.39, 0.29) is 36.6 Å².